The van der Waals surface area contributed by atoms with Gasteiger partial charge in [-0.3, -0.25) is 19.6 Å². The summed E-state index contributed by atoms with van der Waals surface area (Å²) in [7, 11) is 1.67. The molecule has 0 aliphatic heterocycles. The second-order valence-corrected chi connectivity index (χ2v) is 4.51. The molecule has 7 nitrogen and oxygen atoms in total. The zero-order chi connectivity index (χ0) is 13.3. The Hall–Kier alpha value is -2.22. The molecule has 2 heterocycles. The highest BCUT2D eigenvalue weighted by Gasteiger charge is 2.16. The smallest absolute Gasteiger partial charge is 0.280 e. The van der Waals surface area contributed by atoms with Crippen LogP contribution in [0.3, 0.4) is 0 Å². The van der Waals surface area contributed by atoms with Crippen LogP contribution >= 0.6 is 11.3 Å². The fourth-order valence-electron chi connectivity index (χ4n) is 1.33. The summed E-state index contributed by atoms with van der Waals surface area (Å²) in [5.74, 6) is -0.596. The maximum absolute atomic E-state index is 11.8. The van der Waals surface area contributed by atoms with E-state index in [9.17, 15) is 9.59 Å². The molecule has 0 aliphatic rings. The molecular formula is C10H11N5O2S. The van der Waals surface area contributed by atoms with Gasteiger partial charge in [0.2, 0.25) is 0 Å². The Morgan fingerprint density at radius 1 is 1.50 bits per heavy atom. The van der Waals surface area contributed by atoms with E-state index in [0.29, 0.717) is 16.5 Å². The van der Waals surface area contributed by atoms with Crippen LogP contribution in [-0.4, -0.2) is 26.5 Å². The van der Waals surface area contributed by atoms with Gasteiger partial charge in [-0.1, -0.05) is 0 Å². The number of nitrogens with zero attached hydrogens (tertiary/aromatic N) is 3. The lowest BCUT2D eigenvalue weighted by Gasteiger charge is -1.98. The Bertz CT molecular complexity index is 616. The topological polar surface area (TPSA) is 103 Å². The van der Waals surface area contributed by atoms with Crippen LogP contribution in [0, 0.1) is 0 Å². The van der Waals surface area contributed by atoms with E-state index in [1.807, 2.05) is 0 Å². The van der Waals surface area contributed by atoms with E-state index < -0.39 is 5.91 Å². The number of aryl methyl sites for hydroxylation is 1. The molecule has 2 aromatic rings. The van der Waals surface area contributed by atoms with Gasteiger partial charge >= 0.3 is 0 Å². The highest BCUT2D eigenvalue weighted by molar-refractivity contribution is 7.14. The minimum atomic E-state index is -0.447. The molecule has 0 aliphatic carbocycles. The summed E-state index contributed by atoms with van der Waals surface area (Å²) in [5, 5.41) is 8.41. The highest BCUT2D eigenvalue weighted by atomic mass is 32.1. The van der Waals surface area contributed by atoms with Crippen LogP contribution in [0.15, 0.2) is 11.6 Å². The number of amides is 1. The van der Waals surface area contributed by atoms with Crippen molar-refractivity contribution < 1.29 is 9.59 Å². The number of nitrogen functional groups attached to an aromatic ring is 1. The fraction of sp³-hybridized carbons (Fsp3) is 0.200. The summed E-state index contributed by atoms with van der Waals surface area (Å²) < 4.78 is 1.45. The quantitative estimate of drug-likeness (QED) is 0.803. The van der Waals surface area contributed by atoms with E-state index in [-0.39, 0.29) is 11.5 Å². The van der Waals surface area contributed by atoms with Crippen molar-refractivity contribution in [2.75, 3.05) is 11.1 Å². The van der Waals surface area contributed by atoms with Crippen molar-refractivity contribution >= 4 is 33.8 Å². The van der Waals surface area contributed by atoms with Gasteiger partial charge in [0.15, 0.2) is 16.6 Å². The lowest BCUT2D eigenvalue weighted by Crippen LogP contribution is -2.14. The summed E-state index contributed by atoms with van der Waals surface area (Å²) in [6, 6.07) is 0. The van der Waals surface area contributed by atoms with Crippen LogP contribution in [0.25, 0.3) is 0 Å². The molecule has 0 spiro atoms. The summed E-state index contributed by atoms with van der Waals surface area (Å²) in [5.41, 5.74) is 6.38. The Labute approximate surface area is 107 Å². The van der Waals surface area contributed by atoms with Gasteiger partial charge in [0.05, 0.1) is 5.69 Å². The molecule has 0 saturated carbocycles. The Balaban J connectivity index is 2.16. The molecule has 0 radical (unpaired) electrons. The first kappa shape index (κ1) is 12.2. The first-order valence-electron chi connectivity index (χ1n) is 5.04. The third-order valence-corrected chi connectivity index (χ3v) is 2.92. The van der Waals surface area contributed by atoms with Crippen LogP contribution in [0.2, 0.25) is 0 Å². The van der Waals surface area contributed by atoms with E-state index in [2.05, 4.69) is 15.4 Å². The zero-order valence-electron chi connectivity index (χ0n) is 9.80. The van der Waals surface area contributed by atoms with Crippen LogP contribution in [-0.2, 0) is 7.05 Å². The van der Waals surface area contributed by atoms with Crippen LogP contribution in [0.1, 0.15) is 27.9 Å². The monoisotopic (exact) mass is 265 g/mol. The summed E-state index contributed by atoms with van der Waals surface area (Å²) >= 11 is 1.17. The number of nitrogens with one attached hydrogen (secondary N) is 1. The molecule has 0 saturated heterocycles. The van der Waals surface area contributed by atoms with Crippen molar-refractivity contribution in [3.05, 3.63) is 23.0 Å². The average molecular weight is 265 g/mol. The van der Waals surface area contributed by atoms with Crippen molar-refractivity contribution in [3.63, 3.8) is 0 Å². The number of rotatable bonds is 3. The number of hydrogen-bond donors (Lipinski definition) is 2. The van der Waals surface area contributed by atoms with E-state index in [4.69, 9.17) is 5.73 Å². The molecule has 18 heavy (non-hydrogen) atoms. The number of nitrogens with two attached hydrogens (primary N) is 1. The molecule has 0 unspecified atom stereocenters. The number of hydrogen-bond acceptors (Lipinski definition) is 6. The van der Waals surface area contributed by atoms with Crippen molar-refractivity contribution in [2.24, 2.45) is 7.05 Å². The van der Waals surface area contributed by atoms with Gasteiger partial charge in [-0.05, 0) is 0 Å². The minimum Gasteiger partial charge on any atom is -0.396 e. The molecule has 0 atom stereocenters. The predicted octanol–water partition coefficient (Wildman–Crippen LogP) is 0.914. The summed E-state index contributed by atoms with van der Waals surface area (Å²) in [4.78, 5) is 26.9. The Kier molecular flexibility index (Phi) is 3.11. The van der Waals surface area contributed by atoms with E-state index in [0.717, 1.165) is 0 Å². The van der Waals surface area contributed by atoms with Gasteiger partial charge in [0.25, 0.3) is 5.91 Å². The molecule has 0 fully saturated rings. The molecule has 3 N–H and O–H groups in total. The van der Waals surface area contributed by atoms with Gasteiger partial charge < -0.3 is 5.73 Å². The number of thiazole rings is 1. The maximum atomic E-state index is 11.8. The standard InChI is InChI=1S/C10H11N5O2S/c1-5(16)7-4-18-10(12-7)13-9(17)8-6(11)3-15(2)14-8/h3-4H,11H2,1-2H3,(H,12,13,17). The third kappa shape index (κ3) is 2.38. The normalized spacial score (nSPS) is 10.3. The van der Waals surface area contributed by atoms with Crippen molar-refractivity contribution in [1.82, 2.24) is 14.8 Å². The zero-order valence-corrected chi connectivity index (χ0v) is 10.6. The first-order chi connectivity index (χ1) is 8.47. The highest BCUT2D eigenvalue weighted by Crippen LogP contribution is 2.17. The lowest BCUT2D eigenvalue weighted by molar-refractivity contribution is 0.100. The number of ketones is 1. The number of anilines is 2. The second-order valence-electron chi connectivity index (χ2n) is 3.65. The maximum Gasteiger partial charge on any atom is 0.280 e. The Morgan fingerprint density at radius 3 is 2.72 bits per heavy atom. The fourth-order valence-corrected chi connectivity index (χ4v) is 2.08. The minimum absolute atomic E-state index is 0.136. The van der Waals surface area contributed by atoms with Gasteiger partial charge in [0, 0.05) is 25.5 Å². The molecule has 8 heteroatoms. The van der Waals surface area contributed by atoms with Crippen LogP contribution in [0.4, 0.5) is 10.8 Å². The lowest BCUT2D eigenvalue weighted by atomic mass is 10.3. The van der Waals surface area contributed by atoms with E-state index in [1.165, 1.54) is 29.1 Å². The third-order valence-electron chi connectivity index (χ3n) is 2.16. The molecular weight excluding hydrogens is 254 g/mol. The van der Waals surface area contributed by atoms with Gasteiger partial charge in [-0.2, -0.15) is 5.10 Å². The van der Waals surface area contributed by atoms with Crippen LogP contribution in [0.5, 0.6) is 0 Å². The average Bonchev–Trinajstić information content (AvgIpc) is 2.85. The summed E-state index contributed by atoms with van der Waals surface area (Å²) in [6.07, 6.45) is 1.54. The second kappa shape index (κ2) is 4.57. The van der Waals surface area contributed by atoms with E-state index in [1.54, 1.807) is 12.4 Å². The van der Waals surface area contributed by atoms with Gasteiger partial charge in [0.1, 0.15) is 5.69 Å². The Morgan fingerprint density at radius 2 is 2.22 bits per heavy atom. The molecule has 2 aromatic heterocycles. The van der Waals surface area contributed by atoms with Crippen LogP contribution < -0.4 is 11.1 Å². The number of carbonyl (C=O) groups excluding carboxylic acids is 2. The van der Waals surface area contributed by atoms with Gasteiger partial charge in [-0.25, -0.2) is 4.98 Å². The number of aromatic nitrogens is 3. The molecule has 0 bridgehead atoms. The SMILES string of the molecule is CC(=O)c1csc(NC(=O)c2nn(C)cc2N)n1. The molecule has 94 valence electrons. The largest absolute Gasteiger partial charge is 0.396 e. The predicted molar refractivity (Wildman–Crippen MR) is 67.7 cm³/mol. The van der Waals surface area contributed by atoms with Crippen molar-refractivity contribution in [1.29, 1.82) is 0 Å². The molecule has 2 rings (SSSR count). The molecule has 1 amide bonds. The number of Topliss-reactive ketones (excluding diaryl/α,β-unsaturated/α-hetero) is 1. The van der Waals surface area contributed by atoms with Crippen molar-refractivity contribution in [2.45, 2.75) is 6.92 Å². The molecule has 0 aromatic carbocycles. The van der Waals surface area contributed by atoms with Crippen molar-refractivity contribution in [3.8, 4) is 0 Å². The van der Waals surface area contributed by atoms with E-state index >= 15 is 0 Å². The number of carbonyl (C=O) groups is 2. The first-order valence-corrected chi connectivity index (χ1v) is 5.92. The van der Waals surface area contributed by atoms with Gasteiger partial charge in [-0.15, -0.1) is 11.3 Å². The summed E-state index contributed by atoms with van der Waals surface area (Å²) in [6.45, 7) is 1.41.